The summed E-state index contributed by atoms with van der Waals surface area (Å²) >= 11 is 13.9. The molecular formula is C28H26Cl2F3N5OS. The van der Waals surface area contributed by atoms with Crippen LogP contribution in [0.5, 0.6) is 0 Å². The highest BCUT2D eigenvalue weighted by Crippen LogP contribution is 2.38. The lowest BCUT2D eigenvalue weighted by Crippen LogP contribution is -2.33. The third-order valence-corrected chi connectivity index (χ3v) is 7.73. The van der Waals surface area contributed by atoms with Gasteiger partial charge < -0.3 is 15.4 Å². The minimum absolute atomic E-state index is 0.130. The summed E-state index contributed by atoms with van der Waals surface area (Å²) in [5.41, 5.74) is 9.14. The number of hydrazine groups is 1. The summed E-state index contributed by atoms with van der Waals surface area (Å²) in [6.07, 6.45) is -0.121. The molecule has 0 aliphatic carbocycles. The lowest BCUT2D eigenvalue weighted by molar-refractivity contribution is -0.141. The third-order valence-electron chi connectivity index (χ3n) is 6.33. The number of imidazole rings is 1. The molecule has 0 aliphatic heterocycles. The van der Waals surface area contributed by atoms with Crippen LogP contribution in [0.15, 0.2) is 77.6 Å². The number of anilines is 1. The predicted molar refractivity (Wildman–Crippen MR) is 156 cm³/mol. The van der Waals surface area contributed by atoms with E-state index in [1.54, 1.807) is 36.4 Å². The second-order valence-corrected chi connectivity index (χ2v) is 10.6. The molecule has 0 atom stereocenters. The van der Waals surface area contributed by atoms with Crippen LogP contribution >= 0.6 is 35.0 Å². The van der Waals surface area contributed by atoms with Gasteiger partial charge in [-0.05, 0) is 66.3 Å². The van der Waals surface area contributed by atoms with E-state index < -0.39 is 11.9 Å². The highest BCUT2D eigenvalue weighted by atomic mass is 35.5. The molecule has 6 nitrogen and oxygen atoms in total. The molecule has 1 heterocycles. The molecule has 0 spiro atoms. The van der Waals surface area contributed by atoms with Crippen LogP contribution in [0.3, 0.4) is 0 Å². The van der Waals surface area contributed by atoms with Crippen LogP contribution in [0.25, 0.3) is 16.8 Å². The molecule has 0 radical (unpaired) electrons. The van der Waals surface area contributed by atoms with Crippen molar-refractivity contribution >= 4 is 40.7 Å². The van der Waals surface area contributed by atoms with Crippen molar-refractivity contribution in [1.29, 1.82) is 0 Å². The minimum atomic E-state index is -4.62. The Kier molecular flexibility index (Phi) is 9.06. The molecule has 4 aromatic rings. The quantitative estimate of drug-likeness (QED) is 0.112. The maximum atomic E-state index is 13.5. The fourth-order valence-electron chi connectivity index (χ4n) is 4.26. The summed E-state index contributed by atoms with van der Waals surface area (Å²) in [6, 6.07) is 16.0. The SMILES string of the molecule is CSc1cc(-c2ccc(-n3cc(C(F)(F)F)nc3C)c(N(N)/C(=C\N)Cc3ccc(Cl)cc3)c2)cc(Cl)c1CO. The predicted octanol–water partition coefficient (Wildman–Crippen LogP) is 7.11. The topological polar surface area (TPSA) is 93.3 Å². The molecule has 5 N–H and O–H groups in total. The van der Waals surface area contributed by atoms with Crippen LogP contribution in [0, 0.1) is 6.92 Å². The first-order chi connectivity index (χ1) is 19.0. The first-order valence-electron chi connectivity index (χ1n) is 11.9. The van der Waals surface area contributed by atoms with Crippen molar-refractivity contribution in [3.05, 3.63) is 105 Å². The number of thioether (sulfide) groups is 1. The van der Waals surface area contributed by atoms with Crippen molar-refractivity contribution in [3.8, 4) is 16.8 Å². The summed E-state index contributed by atoms with van der Waals surface area (Å²) in [5, 5.41) is 12.1. The van der Waals surface area contributed by atoms with Crippen molar-refractivity contribution in [2.45, 2.75) is 31.0 Å². The van der Waals surface area contributed by atoms with E-state index in [0.29, 0.717) is 44.7 Å². The van der Waals surface area contributed by atoms with Gasteiger partial charge in [0.2, 0.25) is 0 Å². The molecule has 0 aliphatic rings. The Bertz CT molecular complexity index is 1560. The maximum Gasteiger partial charge on any atom is 0.434 e. The molecule has 210 valence electrons. The number of aromatic nitrogens is 2. The van der Waals surface area contributed by atoms with Gasteiger partial charge in [0, 0.05) is 39.3 Å². The molecule has 0 bridgehead atoms. The van der Waals surface area contributed by atoms with Crippen LogP contribution in [0.4, 0.5) is 18.9 Å². The van der Waals surface area contributed by atoms with Crippen molar-refractivity contribution < 1.29 is 18.3 Å². The number of rotatable bonds is 8. The number of aliphatic hydroxyl groups is 1. The molecular weight excluding hydrogens is 582 g/mol. The highest BCUT2D eigenvalue weighted by Gasteiger charge is 2.35. The Hall–Kier alpha value is -3.15. The Morgan fingerprint density at radius 3 is 2.38 bits per heavy atom. The van der Waals surface area contributed by atoms with Gasteiger partial charge in [-0.2, -0.15) is 13.2 Å². The number of aryl methyl sites for hydroxylation is 1. The van der Waals surface area contributed by atoms with Gasteiger partial charge in [0.25, 0.3) is 0 Å². The zero-order chi connectivity index (χ0) is 29.2. The number of alkyl halides is 3. The van der Waals surface area contributed by atoms with Gasteiger partial charge in [-0.15, -0.1) is 11.8 Å². The first-order valence-corrected chi connectivity index (χ1v) is 13.9. The number of benzene rings is 3. The van der Waals surface area contributed by atoms with Crippen LogP contribution in [-0.4, -0.2) is 20.9 Å². The Morgan fingerprint density at radius 2 is 1.80 bits per heavy atom. The average Bonchev–Trinajstić information content (AvgIpc) is 3.33. The minimum Gasteiger partial charge on any atom is -0.403 e. The van der Waals surface area contributed by atoms with E-state index in [2.05, 4.69) is 4.98 Å². The van der Waals surface area contributed by atoms with Crippen LogP contribution in [-0.2, 0) is 19.2 Å². The van der Waals surface area contributed by atoms with Gasteiger partial charge in [-0.25, -0.2) is 10.8 Å². The zero-order valence-corrected chi connectivity index (χ0v) is 23.8. The van der Waals surface area contributed by atoms with Gasteiger partial charge in [-0.3, -0.25) is 5.01 Å². The van der Waals surface area contributed by atoms with Crippen LogP contribution < -0.4 is 16.6 Å². The summed E-state index contributed by atoms with van der Waals surface area (Å²) in [6.45, 7) is 1.27. The van der Waals surface area contributed by atoms with Crippen LogP contribution in [0.2, 0.25) is 10.0 Å². The monoisotopic (exact) mass is 607 g/mol. The van der Waals surface area contributed by atoms with Crippen molar-refractivity contribution in [3.63, 3.8) is 0 Å². The van der Waals surface area contributed by atoms with Crippen molar-refractivity contribution in [2.75, 3.05) is 11.3 Å². The van der Waals surface area contributed by atoms with Crippen molar-refractivity contribution in [2.24, 2.45) is 11.6 Å². The fourth-order valence-corrected chi connectivity index (χ4v) is 5.38. The molecule has 40 heavy (non-hydrogen) atoms. The molecule has 0 unspecified atom stereocenters. The number of hydrogen-bond acceptors (Lipinski definition) is 6. The lowest BCUT2D eigenvalue weighted by atomic mass is 10.0. The molecule has 12 heteroatoms. The number of nitrogens with zero attached hydrogens (tertiary/aromatic N) is 3. The summed E-state index contributed by atoms with van der Waals surface area (Å²) < 4.78 is 41.8. The second kappa shape index (κ2) is 12.2. The fraction of sp³-hybridized carbons (Fsp3) is 0.179. The van der Waals surface area contributed by atoms with E-state index in [-0.39, 0.29) is 12.4 Å². The Labute approximate surface area is 244 Å². The van der Waals surface area contributed by atoms with Crippen molar-refractivity contribution in [1.82, 2.24) is 9.55 Å². The summed E-state index contributed by atoms with van der Waals surface area (Å²) in [7, 11) is 0. The van der Waals surface area contributed by atoms with Gasteiger partial charge >= 0.3 is 6.18 Å². The molecule has 0 saturated heterocycles. The second-order valence-electron chi connectivity index (χ2n) is 8.87. The molecule has 3 aromatic carbocycles. The van der Waals surface area contributed by atoms with Gasteiger partial charge in [0.15, 0.2) is 5.69 Å². The summed E-state index contributed by atoms with van der Waals surface area (Å²) in [5.74, 6) is 6.76. The Balaban J connectivity index is 1.87. The van der Waals surface area contributed by atoms with E-state index in [4.69, 9.17) is 34.8 Å². The average molecular weight is 609 g/mol. The van der Waals surface area contributed by atoms with E-state index in [9.17, 15) is 18.3 Å². The number of allylic oxidation sites excluding steroid dienone is 1. The number of nitrogens with two attached hydrogens (primary N) is 2. The molecule has 0 fully saturated rings. The van der Waals surface area contributed by atoms with Gasteiger partial charge in [-0.1, -0.05) is 41.4 Å². The number of aliphatic hydroxyl groups excluding tert-OH is 1. The van der Waals surface area contributed by atoms with Crippen LogP contribution in [0.1, 0.15) is 22.6 Å². The number of halogens is 5. The van der Waals surface area contributed by atoms with E-state index >= 15 is 0 Å². The molecule has 1 aromatic heterocycles. The van der Waals surface area contributed by atoms with Gasteiger partial charge in [0.05, 0.1) is 23.7 Å². The number of hydrogen-bond donors (Lipinski definition) is 3. The van der Waals surface area contributed by atoms with E-state index in [0.717, 1.165) is 22.2 Å². The van der Waals surface area contributed by atoms with Gasteiger partial charge in [0.1, 0.15) is 5.82 Å². The standard InChI is InChI=1S/C28H26Cl2F3N5OS/c1-16-36-27(28(31,32)33)14-37(16)24-8-5-18(19-10-23(30)22(15-39)26(12-19)40-2)11-25(24)38(35)21(13-34)9-17-3-6-20(29)7-4-17/h3-8,10-14,39H,9,15,34-35H2,1-2H3/b21-13-. The molecule has 4 rings (SSSR count). The largest absolute Gasteiger partial charge is 0.434 e. The van der Waals surface area contributed by atoms with E-state index in [1.165, 1.54) is 34.5 Å². The Morgan fingerprint density at radius 1 is 1.10 bits per heavy atom. The highest BCUT2D eigenvalue weighted by molar-refractivity contribution is 7.98. The molecule has 0 amide bonds. The normalized spacial score (nSPS) is 12.2. The third kappa shape index (κ3) is 6.26. The maximum absolute atomic E-state index is 13.5. The zero-order valence-electron chi connectivity index (χ0n) is 21.5. The lowest BCUT2D eigenvalue weighted by Gasteiger charge is -2.26. The molecule has 0 saturated carbocycles. The first kappa shape index (κ1) is 29.8. The smallest absolute Gasteiger partial charge is 0.403 e. The van der Waals surface area contributed by atoms with E-state index in [1.807, 2.05) is 24.5 Å². The summed E-state index contributed by atoms with van der Waals surface area (Å²) in [4.78, 5) is 4.51.